The lowest BCUT2D eigenvalue weighted by Gasteiger charge is -2.22. The van der Waals surface area contributed by atoms with Crippen LogP contribution in [-0.4, -0.2) is 17.9 Å². The number of hydrogen-bond donors (Lipinski definition) is 1. The van der Waals surface area contributed by atoms with E-state index in [0.29, 0.717) is 31.9 Å². The minimum absolute atomic E-state index is 0.262. The number of carbonyl (C=O) groups excluding carboxylic acids is 1. The molecular formula is C28H27FN2O3. The second kappa shape index (κ2) is 11.3. The highest BCUT2D eigenvalue weighted by Crippen LogP contribution is 2.19. The van der Waals surface area contributed by atoms with Crippen LogP contribution in [0.2, 0.25) is 0 Å². The molecule has 0 saturated heterocycles. The SMILES string of the molecule is COc1cccc(CN(Cc2cccc(F)c2)Cc2ccc(C(=O)NCc3ccccc3)o2)c1. The molecule has 4 rings (SSSR count). The van der Waals surface area contributed by atoms with E-state index in [1.54, 1.807) is 19.2 Å². The van der Waals surface area contributed by atoms with Crippen LogP contribution < -0.4 is 10.1 Å². The first-order valence-corrected chi connectivity index (χ1v) is 11.1. The maximum atomic E-state index is 13.8. The van der Waals surface area contributed by atoms with E-state index in [2.05, 4.69) is 10.2 Å². The predicted octanol–water partition coefficient (Wildman–Crippen LogP) is 5.56. The summed E-state index contributed by atoms with van der Waals surface area (Å²) in [7, 11) is 1.64. The average Bonchev–Trinajstić information content (AvgIpc) is 3.32. The fourth-order valence-corrected chi connectivity index (χ4v) is 3.76. The molecule has 0 aliphatic carbocycles. The van der Waals surface area contributed by atoms with Gasteiger partial charge in [-0.15, -0.1) is 0 Å². The molecule has 34 heavy (non-hydrogen) atoms. The molecule has 0 bridgehead atoms. The summed E-state index contributed by atoms with van der Waals surface area (Å²) in [4.78, 5) is 14.7. The molecule has 1 N–H and O–H groups in total. The number of hydrogen-bond acceptors (Lipinski definition) is 4. The van der Waals surface area contributed by atoms with Crippen LogP contribution in [0.1, 0.15) is 33.0 Å². The molecule has 3 aromatic carbocycles. The third-order valence-electron chi connectivity index (χ3n) is 5.40. The normalized spacial score (nSPS) is 10.9. The topological polar surface area (TPSA) is 54.7 Å². The number of nitrogens with one attached hydrogen (secondary N) is 1. The first kappa shape index (κ1) is 23.3. The highest BCUT2D eigenvalue weighted by molar-refractivity contribution is 5.91. The number of ether oxygens (including phenoxy) is 1. The molecule has 1 aromatic heterocycles. The van der Waals surface area contributed by atoms with E-state index >= 15 is 0 Å². The Balaban J connectivity index is 1.45. The van der Waals surface area contributed by atoms with Gasteiger partial charge >= 0.3 is 0 Å². The number of carbonyl (C=O) groups is 1. The minimum Gasteiger partial charge on any atom is -0.497 e. The van der Waals surface area contributed by atoms with Crippen molar-refractivity contribution in [3.8, 4) is 5.75 Å². The van der Waals surface area contributed by atoms with Gasteiger partial charge in [0.1, 0.15) is 17.3 Å². The number of furan rings is 1. The van der Waals surface area contributed by atoms with E-state index < -0.39 is 0 Å². The summed E-state index contributed by atoms with van der Waals surface area (Å²) in [5.74, 6) is 1.16. The molecule has 0 aliphatic rings. The molecule has 0 radical (unpaired) electrons. The zero-order chi connectivity index (χ0) is 23.8. The van der Waals surface area contributed by atoms with Crippen molar-refractivity contribution in [3.05, 3.63) is 125 Å². The highest BCUT2D eigenvalue weighted by Gasteiger charge is 2.15. The monoisotopic (exact) mass is 458 g/mol. The van der Waals surface area contributed by atoms with Crippen LogP contribution >= 0.6 is 0 Å². The summed E-state index contributed by atoms with van der Waals surface area (Å²) < 4.78 is 25.0. The van der Waals surface area contributed by atoms with Gasteiger partial charge in [-0.25, -0.2) is 4.39 Å². The van der Waals surface area contributed by atoms with Crippen molar-refractivity contribution in [2.45, 2.75) is 26.2 Å². The van der Waals surface area contributed by atoms with Crippen LogP contribution in [0, 0.1) is 5.82 Å². The molecule has 0 spiro atoms. The molecule has 0 atom stereocenters. The molecule has 1 amide bonds. The van der Waals surface area contributed by atoms with Gasteiger partial charge in [-0.3, -0.25) is 9.69 Å². The van der Waals surface area contributed by atoms with Gasteiger partial charge in [0.15, 0.2) is 5.76 Å². The Bertz CT molecular complexity index is 1220. The van der Waals surface area contributed by atoms with E-state index in [1.807, 2.05) is 66.7 Å². The van der Waals surface area contributed by atoms with Crippen LogP contribution in [0.3, 0.4) is 0 Å². The first-order chi connectivity index (χ1) is 16.6. The zero-order valence-electron chi connectivity index (χ0n) is 19.0. The third-order valence-corrected chi connectivity index (χ3v) is 5.40. The highest BCUT2D eigenvalue weighted by atomic mass is 19.1. The standard InChI is InChI=1S/C28H27FN2O3/c1-33-25-12-6-10-23(16-25)19-31(18-22-9-5-11-24(29)15-22)20-26-13-14-27(34-26)28(32)30-17-21-7-3-2-4-8-21/h2-16H,17-20H2,1H3,(H,30,32). The van der Waals surface area contributed by atoms with Gasteiger partial charge in [-0.1, -0.05) is 54.6 Å². The van der Waals surface area contributed by atoms with E-state index in [0.717, 1.165) is 22.4 Å². The summed E-state index contributed by atoms with van der Waals surface area (Å²) in [6.45, 7) is 2.01. The largest absolute Gasteiger partial charge is 0.497 e. The summed E-state index contributed by atoms with van der Waals surface area (Å²) >= 11 is 0. The Hall–Kier alpha value is -3.90. The predicted molar refractivity (Wildman–Crippen MR) is 129 cm³/mol. The molecule has 174 valence electrons. The Labute approximate surface area is 198 Å². The molecule has 0 fully saturated rings. The lowest BCUT2D eigenvalue weighted by molar-refractivity contribution is 0.0918. The van der Waals surface area contributed by atoms with Gasteiger partial charge in [0, 0.05) is 19.6 Å². The average molecular weight is 459 g/mol. The number of amides is 1. The molecule has 0 aliphatic heterocycles. The van der Waals surface area contributed by atoms with E-state index in [4.69, 9.17) is 9.15 Å². The molecule has 1 heterocycles. The lowest BCUT2D eigenvalue weighted by Crippen LogP contribution is -2.23. The van der Waals surface area contributed by atoms with Crippen LogP contribution in [0.15, 0.2) is 95.4 Å². The number of benzene rings is 3. The van der Waals surface area contributed by atoms with Crippen LogP contribution in [0.5, 0.6) is 5.75 Å². The van der Waals surface area contributed by atoms with Crippen LogP contribution in [0.4, 0.5) is 4.39 Å². The molecular weight excluding hydrogens is 431 g/mol. The first-order valence-electron chi connectivity index (χ1n) is 11.1. The van der Waals surface area contributed by atoms with Crippen LogP contribution in [0.25, 0.3) is 0 Å². The van der Waals surface area contributed by atoms with Crippen molar-refractivity contribution in [2.24, 2.45) is 0 Å². The lowest BCUT2D eigenvalue weighted by atomic mass is 10.1. The third kappa shape index (κ3) is 6.56. The van der Waals surface area contributed by atoms with Crippen molar-refractivity contribution in [3.63, 3.8) is 0 Å². The fraction of sp³-hybridized carbons (Fsp3) is 0.179. The van der Waals surface area contributed by atoms with Gasteiger partial charge in [0.2, 0.25) is 0 Å². The van der Waals surface area contributed by atoms with Gasteiger partial charge in [0.25, 0.3) is 5.91 Å². The van der Waals surface area contributed by atoms with Gasteiger partial charge in [-0.2, -0.15) is 0 Å². The number of nitrogens with zero attached hydrogens (tertiary/aromatic N) is 1. The van der Waals surface area contributed by atoms with Crippen molar-refractivity contribution >= 4 is 5.91 Å². The zero-order valence-corrected chi connectivity index (χ0v) is 19.0. The second-order valence-electron chi connectivity index (χ2n) is 8.06. The van der Waals surface area contributed by atoms with Crippen molar-refractivity contribution in [2.75, 3.05) is 7.11 Å². The quantitative estimate of drug-likeness (QED) is 0.338. The van der Waals surface area contributed by atoms with Crippen molar-refractivity contribution in [1.82, 2.24) is 10.2 Å². The Morgan fingerprint density at radius 3 is 2.29 bits per heavy atom. The molecule has 6 heteroatoms. The number of rotatable bonds is 10. The van der Waals surface area contributed by atoms with E-state index in [9.17, 15) is 9.18 Å². The number of methoxy groups -OCH3 is 1. The molecule has 4 aromatic rings. The van der Waals surface area contributed by atoms with Gasteiger partial charge in [0.05, 0.1) is 13.7 Å². The van der Waals surface area contributed by atoms with Gasteiger partial charge in [-0.05, 0) is 53.1 Å². The summed E-state index contributed by atoms with van der Waals surface area (Å²) in [5.41, 5.74) is 2.93. The maximum Gasteiger partial charge on any atom is 0.287 e. The Kier molecular flexibility index (Phi) is 7.73. The summed E-state index contributed by atoms with van der Waals surface area (Å²) in [5, 5.41) is 2.88. The van der Waals surface area contributed by atoms with Gasteiger partial charge < -0.3 is 14.5 Å². The summed E-state index contributed by atoms with van der Waals surface area (Å²) in [6, 6.07) is 27.6. The van der Waals surface area contributed by atoms with Crippen molar-refractivity contribution < 1.29 is 18.3 Å². The van der Waals surface area contributed by atoms with Crippen LogP contribution in [-0.2, 0) is 26.2 Å². The molecule has 0 unspecified atom stereocenters. The van der Waals surface area contributed by atoms with Crippen molar-refractivity contribution in [1.29, 1.82) is 0 Å². The number of halogens is 1. The fourth-order valence-electron chi connectivity index (χ4n) is 3.76. The molecule has 0 saturated carbocycles. The Morgan fingerprint density at radius 2 is 1.56 bits per heavy atom. The minimum atomic E-state index is -0.269. The van der Waals surface area contributed by atoms with E-state index in [1.165, 1.54) is 12.1 Å². The second-order valence-corrected chi connectivity index (χ2v) is 8.06. The smallest absolute Gasteiger partial charge is 0.287 e. The molecule has 5 nitrogen and oxygen atoms in total. The summed E-state index contributed by atoms with van der Waals surface area (Å²) in [6.07, 6.45) is 0. The van der Waals surface area contributed by atoms with E-state index in [-0.39, 0.29) is 17.5 Å². The maximum absolute atomic E-state index is 13.8. The Morgan fingerprint density at radius 1 is 0.853 bits per heavy atom.